The molecule has 2 heterocycles. The smallest absolute Gasteiger partial charge is 0.208 e. The van der Waals surface area contributed by atoms with E-state index >= 15 is 0 Å². The van der Waals surface area contributed by atoms with Crippen LogP contribution in [0.4, 0.5) is 5.82 Å². The zero-order valence-electron chi connectivity index (χ0n) is 12.3. The summed E-state index contributed by atoms with van der Waals surface area (Å²) in [7, 11) is -3.12. The molecule has 0 bridgehead atoms. The first kappa shape index (κ1) is 15.2. The van der Waals surface area contributed by atoms with Gasteiger partial charge in [-0.3, -0.25) is 0 Å². The molecule has 1 aromatic heterocycles. The Bertz CT molecular complexity index is 566. The SMILES string of the molecule is CCc1cnc(C)nc1N1CCC(NS(C)(=O)=O)CC1. The maximum Gasteiger partial charge on any atom is 0.208 e. The lowest BCUT2D eigenvalue weighted by molar-refractivity contribution is 0.459. The van der Waals surface area contributed by atoms with E-state index in [1.165, 1.54) is 6.26 Å². The van der Waals surface area contributed by atoms with E-state index in [0.29, 0.717) is 0 Å². The first-order chi connectivity index (χ1) is 9.39. The predicted octanol–water partition coefficient (Wildman–Crippen LogP) is 0.865. The van der Waals surface area contributed by atoms with E-state index in [-0.39, 0.29) is 6.04 Å². The molecule has 1 N–H and O–H groups in total. The number of hydrogen-bond acceptors (Lipinski definition) is 5. The van der Waals surface area contributed by atoms with Gasteiger partial charge in [-0.2, -0.15) is 0 Å². The van der Waals surface area contributed by atoms with Gasteiger partial charge in [-0.1, -0.05) is 6.92 Å². The quantitative estimate of drug-likeness (QED) is 0.892. The molecule has 0 aliphatic carbocycles. The molecule has 1 saturated heterocycles. The topological polar surface area (TPSA) is 75.2 Å². The Morgan fingerprint density at radius 1 is 1.40 bits per heavy atom. The summed E-state index contributed by atoms with van der Waals surface area (Å²) in [5, 5.41) is 0. The van der Waals surface area contributed by atoms with Crippen molar-refractivity contribution in [3.05, 3.63) is 17.6 Å². The van der Waals surface area contributed by atoms with Crippen molar-refractivity contribution in [1.82, 2.24) is 14.7 Å². The van der Waals surface area contributed by atoms with Gasteiger partial charge in [-0.15, -0.1) is 0 Å². The zero-order chi connectivity index (χ0) is 14.8. The van der Waals surface area contributed by atoms with Crippen LogP contribution in [-0.2, 0) is 16.4 Å². The Labute approximate surface area is 120 Å². The second-order valence-electron chi connectivity index (χ2n) is 5.27. The van der Waals surface area contributed by atoms with Crippen molar-refractivity contribution in [2.75, 3.05) is 24.2 Å². The summed E-state index contributed by atoms with van der Waals surface area (Å²) in [5.41, 5.74) is 1.14. The van der Waals surface area contributed by atoms with Crippen molar-refractivity contribution in [3.63, 3.8) is 0 Å². The van der Waals surface area contributed by atoms with Crippen molar-refractivity contribution in [1.29, 1.82) is 0 Å². The third-order valence-corrected chi connectivity index (χ3v) is 4.28. The molecule has 112 valence electrons. The van der Waals surface area contributed by atoms with Crippen molar-refractivity contribution in [2.45, 2.75) is 39.2 Å². The average Bonchev–Trinajstić information content (AvgIpc) is 2.38. The minimum absolute atomic E-state index is 0.0364. The summed E-state index contributed by atoms with van der Waals surface area (Å²) < 4.78 is 25.2. The molecule has 2 rings (SSSR count). The Kier molecular flexibility index (Phi) is 4.59. The molecule has 1 fully saturated rings. The maximum atomic E-state index is 11.3. The van der Waals surface area contributed by atoms with Crippen LogP contribution < -0.4 is 9.62 Å². The Balaban J connectivity index is 2.05. The predicted molar refractivity (Wildman–Crippen MR) is 79.4 cm³/mol. The highest BCUT2D eigenvalue weighted by Gasteiger charge is 2.23. The average molecular weight is 298 g/mol. The van der Waals surface area contributed by atoms with Crippen molar-refractivity contribution in [2.24, 2.45) is 0 Å². The lowest BCUT2D eigenvalue weighted by Crippen LogP contribution is -2.44. The molecule has 0 atom stereocenters. The monoisotopic (exact) mass is 298 g/mol. The van der Waals surface area contributed by atoms with Gasteiger partial charge in [-0.25, -0.2) is 23.1 Å². The van der Waals surface area contributed by atoms with E-state index in [1.807, 2.05) is 13.1 Å². The summed E-state index contributed by atoms with van der Waals surface area (Å²) in [6, 6.07) is 0.0364. The van der Waals surface area contributed by atoms with Crippen LogP contribution in [0.2, 0.25) is 0 Å². The summed E-state index contributed by atoms with van der Waals surface area (Å²) >= 11 is 0. The van der Waals surface area contributed by atoms with Crippen LogP contribution in [0.5, 0.6) is 0 Å². The maximum absolute atomic E-state index is 11.3. The molecule has 6 nitrogen and oxygen atoms in total. The van der Waals surface area contributed by atoms with Gasteiger partial charge in [0.25, 0.3) is 0 Å². The van der Waals surface area contributed by atoms with Crippen LogP contribution in [-0.4, -0.2) is 43.8 Å². The molecule has 1 aliphatic rings. The van der Waals surface area contributed by atoms with E-state index in [1.54, 1.807) is 0 Å². The van der Waals surface area contributed by atoms with Crippen LogP contribution in [0.25, 0.3) is 0 Å². The first-order valence-corrected chi connectivity index (χ1v) is 8.83. The summed E-state index contributed by atoms with van der Waals surface area (Å²) in [5.74, 6) is 1.77. The van der Waals surface area contributed by atoms with Crippen LogP contribution in [0.1, 0.15) is 31.2 Å². The van der Waals surface area contributed by atoms with Gasteiger partial charge in [0.2, 0.25) is 10.0 Å². The van der Waals surface area contributed by atoms with Crippen LogP contribution in [0.15, 0.2) is 6.20 Å². The largest absolute Gasteiger partial charge is 0.356 e. The molecule has 0 unspecified atom stereocenters. The van der Waals surface area contributed by atoms with Crippen LogP contribution in [0.3, 0.4) is 0 Å². The highest BCUT2D eigenvalue weighted by molar-refractivity contribution is 7.88. The van der Waals surface area contributed by atoms with E-state index in [4.69, 9.17) is 0 Å². The van der Waals surface area contributed by atoms with Crippen LogP contribution in [0, 0.1) is 6.92 Å². The van der Waals surface area contributed by atoms with Gasteiger partial charge >= 0.3 is 0 Å². The fourth-order valence-corrected chi connectivity index (χ4v) is 3.36. The second-order valence-corrected chi connectivity index (χ2v) is 7.05. The highest BCUT2D eigenvalue weighted by Crippen LogP contribution is 2.22. The molecular weight excluding hydrogens is 276 g/mol. The molecule has 1 aromatic rings. The normalized spacial score (nSPS) is 17.4. The van der Waals surface area contributed by atoms with Crippen molar-refractivity contribution in [3.8, 4) is 0 Å². The van der Waals surface area contributed by atoms with Gasteiger partial charge in [-0.05, 0) is 26.2 Å². The molecule has 0 saturated carbocycles. The first-order valence-electron chi connectivity index (χ1n) is 6.94. The number of aryl methyl sites for hydroxylation is 2. The van der Waals surface area contributed by atoms with E-state index in [0.717, 1.165) is 49.6 Å². The number of aromatic nitrogens is 2. The number of nitrogens with zero attached hydrogens (tertiary/aromatic N) is 3. The van der Waals surface area contributed by atoms with E-state index in [9.17, 15) is 8.42 Å². The van der Waals surface area contributed by atoms with Gasteiger partial charge in [0.1, 0.15) is 11.6 Å². The minimum Gasteiger partial charge on any atom is -0.356 e. The number of piperidine rings is 1. The third-order valence-electron chi connectivity index (χ3n) is 3.52. The van der Waals surface area contributed by atoms with Crippen LogP contribution >= 0.6 is 0 Å². The summed E-state index contributed by atoms with van der Waals surface area (Å²) in [6.07, 6.45) is 5.61. The number of rotatable bonds is 4. The van der Waals surface area contributed by atoms with Gasteiger partial charge in [0.15, 0.2) is 0 Å². The molecule has 0 amide bonds. The molecule has 0 radical (unpaired) electrons. The van der Waals surface area contributed by atoms with Gasteiger partial charge in [0.05, 0.1) is 6.26 Å². The van der Waals surface area contributed by atoms with E-state index < -0.39 is 10.0 Å². The number of nitrogens with one attached hydrogen (secondary N) is 1. The lowest BCUT2D eigenvalue weighted by atomic mass is 10.1. The fraction of sp³-hybridized carbons (Fsp3) is 0.692. The molecule has 0 spiro atoms. The Morgan fingerprint density at radius 3 is 2.60 bits per heavy atom. The number of sulfonamides is 1. The zero-order valence-corrected chi connectivity index (χ0v) is 13.1. The third kappa shape index (κ3) is 3.89. The number of anilines is 1. The van der Waals surface area contributed by atoms with E-state index in [2.05, 4.69) is 26.5 Å². The van der Waals surface area contributed by atoms with Gasteiger partial charge < -0.3 is 4.90 Å². The Hall–Kier alpha value is -1.21. The molecular formula is C13H22N4O2S. The van der Waals surface area contributed by atoms with Gasteiger partial charge in [0, 0.05) is 30.9 Å². The van der Waals surface area contributed by atoms with Crippen molar-refractivity contribution >= 4 is 15.8 Å². The minimum atomic E-state index is -3.12. The fourth-order valence-electron chi connectivity index (χ4n) is 2.52. The Morgan fingerprint density at radius 2 is 2.05 bits per heavy atom. The molecule has 7 heteroatoms. The van der Waals surface area contributed by atoms with Crippen molar-refractivity contribution < 1.29 is 8.42 Å². The molecule has 1 aliphatic heterocycles. The standard InChI is InChI=1S/C13H22N4O2S/c1-4-11-9-14-10(2)15-13(11)17-7-5-12(6-8-17)16-20(3,18)19/h9,12,16H,4-8H2,1-3H3. The number of hydrogen-bond donors (Lipinski definition) is 1. The highest BCUT2D eigenvalue weighted by atomic mass is 32.2. The lowest BCUT2D eigenvalue weighted by Gasteiger charge is -2.33. The molecule has 20 heavy (non-hydrogen) atoms. The summed E-state index contributed by atoms with van der Waals surface area (Å²) in [4.78, 5) is 11.0. The summed E-state index contributed by atoms with van der Waals surface area (Å²) in [6.45, 7) is 5.61. The molecule has 0 aromatic carbocycles. The second kappa shape index (κ2) is 6.05.